The minimum atomic E-state index is -0.399. The first-order valence-electron chi connectivity index (χ1n) is 9.50. The molecule has 5 rings (SSSR count). The minimum Gasteiger partial charge on any atom is -0.258 e. The maximum Gasteiger partial charge on any atom is 0.269 e. The molecule has 0 aliphatic heterocycles. The van der Waals surface area contributed by atoms with Gasteiger partial charge in [-0.05, 0) is 17.7 Å². The van der Waals surface area contributed by atoms with Crippen molar-refractivity contribution in [2.45, 2.75) is 0 Å². The third-order valence-corrected chi connectivity index (χ3v) is 6.81. The van der Waals surface area contributed by atoms with Crippen molar-refractivity contribution in [1.82, 2.24) is 9.97 Å². The lowest BCUT2D eigenvalue weighted by atomic mass is 10.1. The van der Waals surface area contributed by atoms with Gasteiger partial charge in [-0.25, -0.2) is 9.97 Å². The van der Waals surface area contributed by atoms with Gasteiger partial charge < -0.3 is 0 Å². The van der Waals surface area contributed by atoms with Crippen LogP contribution in [0, 0.1) is 10.1 Å². The van der Waals surface area contributed by atoms with Crippen LogP contribution in [0.1, 0.15) is 0 Å². The first-order chi connectivity index (χ1) is 15.2. The molecule has 0 bridgehead atoms. The standard InChI is InChI=1S/C24H15N3O2S2/c28-27(29)20-12-10-16(11-13-20)21-15-30-24(26-21)19-8-6-17(7-9-19)22-14-25-23(31-22)18-4-2-1-3-5-18/h1-15H. The van der Waals surface area contributed by atoms with Crippen molar-refractivity contribution in [3.63, 3.8) is 0 Å². The fraction of sp³-hybridized carbons (Fsp3) is 0. The molecule has 150 valence electrons. The molecular formula is C24H15N3O2S2. The van der Waals surface area contributed by atoms with E-state index in [2.05, 4.69) is 41.4 Å². The number of nitro groups is 1. The van der Waals surface area contributed by atoms with Crippen LogP contribution in [0.15, 0.2) is 90.4 Å². The Morgan fingerprint density at radius 2 is 1.39 bits per heavy atom. The molecule has 0 aliphatic rings. The highest BCUT2D eigenvalue weighted by molar-refractivity contribution is 7.18. The third kappa shape index (κ3) is 4.01. The van der Waals surface area contributed by atoms with E-state index in [-0.39, 0.29) is 5.69 Å². The van der Waals surface area contributed by atoms with Gasteiger partial charge in [-0.3, -0.25) is 10.1 Å². The average Bonchev–Trinajstić information content (AvgIpc) is 3.50. The first-order valence-corrected chi connectivity index (χ1v) is 11.2. The molecule has 2 heterocycles. The Morgan fingerprint density at radius 3 is 2.10 bits per heavy atom. The summed E-state index contributed by atoms with van der Waals surface area (Å²) in [4.78, 5) is 20.8. The highest BCUT2D eigenvalue weighted by atomic mass is 32.1. The maximum atomic E-state index is 10.8. The second-order valence-corrected chi connectivity index (χ2v) is 8.70. The average molecular weight is 442 g/mol. The summed E-state index contributed by atoms with van der Waals surface area (Å²) in [5, 5.41) is 14.7. The third-order valence-electron chi connectivity index (χ3n) is 4.82. The minimum absolute atomic E-state index is 0.0771. The van der Waals surface area contributed by atoms with Gasteiger partial charge in [0.05, 0.1) is 15.5 Å². The van der Waals surface area contributed by atoms with E-state index in [0.29, 0.717) is 0 Å². The highest BCUT2D eigenvalue weighted by Gasteiger charge is 2.11. The van der Waals surface area contributed by atoms with Gasteiger partial charge in [0.2, 0.25) is 0 Å². The fourth-order valence-electron chi connectivity index (χ4n) is 3.19. The Hall–Kier alpha value is -3.68. The number of nitro benzene ring substituents is 1. The predicted octanol–water partition coefficient (Wildman–Crippen LogP) is 7.18. The van der Waals surface area contributed by atoms with Crippen LogP contribution >= 0.6 is 22.7 Å². The summed E-state index contributed by atoms with van der Waals surface area (Å²) in [6.45, 7) is 0. The van der Waals surface area contributed by atoms with Crippen LogP contribution < -0.4 is 0 Å². The molecule has 0 amide bonds. The smallest absolute Gasteiger partial charge is 0.258 e. The van der Waals surface area contributed by atoms with Crippen LogP contribution in [0.5, 0.6) is 0 Å². The molecule has 0 atom stereocenters. The van der Waals surface area contributed by atoms with Gasteiger partial charge >= 0.3 is 0 Å². The van der Waals surface area contributed by atoms with Crippen molar-refractivity contribution in [1.29, 1.82) is 0 Å². The molecule has 0 saturated heterocycles. The molecule has 5 aromatic rings. The topological polar surface area (TPSA) is 68.9 Å². The second-order valence-electron chi connectivity index (χ2n) is 6.81. The number of nitrogens with zero attached hydrogens (tertiary/aromatic N) is 3. The van der Waals surface area contributed by atoms with Crippen molar-refractivity contribution in [2.75, 3.05) is 0 Å². The van der Waals surface area contributed by atoms with Gasteiger partial charge in [0.15, 0.2) is 0 Å². The first kappa shape index (κ1) is 19.3. The summed E-state index contributed by atoms with van der Waals surface area (Å²) in [6.07, 6.45) is 1.91. The van der Waals surface area contributed by atoms with Crippen LogP contribution in [0.3, 0.4) is 0 Å². The van der Waals surface area contributed by atoms with Gasteiger partial charge in [0.1, 0.15) is 10.0 Å². The summed E-state index contributed by atoms with van der Waals surface area (Å²) in [6, 6.07) is 24.9. The summed E-state index contributed by atoms with van der Waals surface area (Å²) < 4.78 is 0. The molecule has 0 aliphatic carbocycles. The molecule has 0 N–H and O–H groups in total. The molecule has 0 unspecified atom stereocenters. The number of hydrogen-bond donors (Lipinski definition) is 0. The molecule has 0 spiro atoms. The Kier molecular flexibility index (Phi) is 5.11. The fourth-order valence-corrected chi connectivity index (χ4v) is 4.95. The normalized spacial score (nSPS) is 10.8. The van der Waals surface area contributed by atoms with E-state index in [0.717, 1.165) is 42.8 Å². The number of hydrogen-bond acceptors (Lipinski definition) is 6. The largest absolute Gasteiger partial charge is 0.269 e. The molecule has 2 aromatic heterocycles. The van der Waals surface area contributed by atoms with Crippen molar-refractivity contribution in [3.05, 3.63) is 101 Å². The lowest BCUT2D eigenvalue weighted by Crippen LogP contribution is -1.87. The van der Waals surface area contributed by atoms with Crippen LogP contribution in [0.25, 0.3) is 42.8 Å². The van der Waals surface area contributed by atoms with E-state index in [4.69, 9.17) is 4.98 Å². The zero-order valence-electron chi connectivity index (χ0n) is 16.1. The van der Waals surface area contributed by atoms with Crippen molar-refractivity contribution in [2.24, 2.45) is 0 Å². The Balaban J connectivity index is 1.36. The number of non-ortho nitro benzene ring substituents is 1. The van der Waals surface area contributed by atoms with E-state index in [1.165, 1.54) is 12.1 Å². The SMILES string of the molecule is O=[N+]([O-])c1ccc(-c2csc(-c3ccc(-c4cnc(-c5ccccc5)s4)cc3)n2)cc1. The summed E-state index contributed by atoms with van der Waals surface area (Å²) >= 11 is 3.23. The Bertz CT molecular complexity index is 1340. The van der Waals surface area contributed by atoms with Gasteiger partial charge in [0.25, 0.3) is 5.69 Å². The predicted molar refractivity (Wildman–Crippen MR) is 126 cm³/mol. The van der Waals surface area contributed by atoms with Crippen molar-refractivity contribution >= 4 is 28.4 Å². The molecule has 0 fully saturated rings. The zero-order valence-corrected chi connectivity index (χ0v) is 17.8. The van der Waals surface area contributed by atoms with E-state index in [1.54, 1.807) is 34.8 Å². The summed E-state index contributed by atoms with van der Waals surface area (Å²) in [7, 11) is 0. The maximum absolute atomic E-state index is 10.8. The van der Waals surface area contributed by atoms with E-state index < -0.39 is 4.92 Å². The van der Waals surface area contributed by atoms with Gasteiger partial charge in [-0.2, -0.15) is 0 Å². The Morgan fingerprint density at radius 1 is 0.742 bits per heavy atom. The quantitative estimate of drug-likeness (QED) is 0.214. The number of rotatable bonds is 5. The molecule has 0 saturated carbocycles. The lowest BCUT2D eigenvalue weighted by molar-refractivity contribution is -0.384. The number of benzene rings is 3. The second kappa shape index (κ2) is 8.22. The van der Waals surface area contributed by atoms with E-state index in [1.807, 2.05) is 29.8 Å². The molecule has 3 aromatic carbocycles. The summed E-state index contributed by atoms with van der Waals surface area (Å²) in [5.41, 5.74) is 5.03. The number of thiazole rings is 2. The van der Waals surface area contributed by atoms with E-state index in [9.17, 15) is 10.1 Å². The molecular weight excluding hydrogens is 426 g/mol. The highest BCUT2D eigenvalue weighted by Crippen LogP contribution is 2.34. The van der Waals surface area contributed by atoms with Crippen LogP contribution in [0.2, 0.25) is 0 Å². The van der Waals surface area contributed by atoms with E-state index >= 15 is 0 Å². The summed E-state index contributed by atoms with van der Waals surface area (Å²) in [5.74, 6) is 0. The van der Waals surface area contributed by atoms with Crippen molar-refractivity contribution < 1.29 is 4.92 Å². The molecule has 7 heteroatoms. The molecule has 0 radical (unpaired) electrons. The monoisotopic (exact) mass is 441 g/mol. The number of aromatic nitrogens is 2. The Labute approximate surface area is 186 Å². The zero-order chi connectivity index (χ0) is 21.2. The van der Waals surface area contributed by atoms with Gasteiger partial charge in [0, 0.05) is 40.4 Å². The molecule has 5 nitrogen and oxygen atoms in total. The van der Waals surface area contributed by atoms with Gasteiger partial charge in [-0.1, -0.05) is 54.6 Å². The lowest BCUT2D eigenvalue weighted by Gasteiger charge is -2.00. The van der Waals surface area contributed by atoms with Crippen LogP contribution in [0.4, 0.5) is 5.69 Å². The van der Waals surface area contributed by atoms with Crippen LogP contribution in [-0.4, -0.2) is 14.9 Å². The van der Waals surface area contributed by atoms with Gasteiger partial charge in [-0.15, -0.1) is 22.7 Å². The van der Waals surface area contributed by atoms with Crippen LogP contribution in [-0.2, 0) is 0 Å². The van der Waals surface area contributed by atoms with Crippen molar-refractivity contribution in [3.8, 4) is 42.8 Å². The molecule has 31 heavy (non-hydrogen) atoms.